The molecule has 3 heteroatoms. The fraction of sp³-hybridized carbons (Fsp3) is 1.00. The van der Waals surface area contributed by atoms with Crippen LogP contribution in [-0.2, 0) is 0 Å². The zero-order valence-electron chi connectivity index (χ0n) is 7.50. The van der Waals surface area contributed by atoms with Crippen LogP contribution in [0.4, 0.5) is 0 Å². The van der Waals surface area contributed by atoms with Gasteiger partial charge in [-0.15, -0.1) is 0 Å². The van der Waals surface area contributed by atoms with Gasteiger partial charge in [-0.2, -0.15) is 0 Å². The van der Waals surface area contributed by atoms with Crippen molar-refractivity contribution >= 4 is 0 Å². The SMILES string of the molecule is OCC1CC(N2CCNCC2)C1. The smallest absolute Gasteiger partial charge is 0.0460 e. The van der Waals surface area contributed by atoms with E-state index in [0.29, 0.717) is 12.5 Å². The van der Waals surface area contributed by atoms with Gasteiger partial charge in [-0.3, -0.25) is 4.90 Å². The van der Waals surface area contributed by atoms with Gasteiger partial charge in [0.2, 0.25) is 0 Å². The number of aliphatic hydroxyl groups is 1. The predicted molar refractivity (Wildman–Crippen MR) is 48.0 cm³/mol. The topological polar surface area (TPSA) is 35.5 Å². The van der Waals surface area contributed by atoms with Gasteiger partial charge in [0.15, 0.2) is 0 Å². The first-order valence-corrected chi connectivity index (χ1v) is 4.96. The average molecular weight is 170 g/mol. The maximum atomic E-state index is 8.87. The largest absolute Gasteiger partial charge is 0.396 e. The summed E-state index contributed by atoms with van der Waals surface area (Å²) in [7, 11) is 0. The van der Waals surface area contributed by atoms with E-state index in [1.807, 2.05) is 0 Å². The molecule has 70 valence electrons. The van der Waals surface area contributed by atoms with Crippen molar-refractivity contribution in [1.82, 2.24) is 10.2 Å². The maximum Gasteiger partial charge on any atom is 0.0460 e. The van der Waals surface area contributed by atoms with Crippen LogP contribution < -0.4 is 5.32 Å². The first-order chi connectivity index (χ1) is 5.90. The van der Waals surface area contributed by atoms with Gasteiger partial charge < -0.3 is 10.4 Å². The standard InChI is InChI=1S/C9H18N2O/c12-7-8-5-9(6-8)11-3-1-10-2-4-11/h8-10,12H,1-7H2. The lowest BCUT2D eigenvalue weighted by Gasteiger charge is -2.44. The van der Waals surface area contributed by atoms with Gasteiger partial charge in [0.25, 0.3) is 0 Å². The van der Waals surface area contributed by atoms with Crippen LogP contribution in [0.3, 0.4) is 0 Å². The summed E-state index contributed by atoms with van der Waals surface area (Å²) in [5, 5.41) is 12.2. The van der Waals surface area contributed by atoms with Crippen LogP contribution in [0.1, 0.15) is 12.8 Å². The number of rotatable bonds is 2. The van der Waals surface area contributed by atoms with Crippen molar-refractivity contribution < 1.29 is 5.11 Å². The Bertz CT molecular complexity index is 139. The second-order valence-electron chi connectivity index (χ2n) is 3.96. The molecule has 12 heavy (non-hydrogen) atoms. The molecule has 0 unspecified atom stereocenters. The number of hydrogen-bond acceptors (Lipinski definition) is 3. The van der Waals surface area contributed by atoms with Crippen molar-refractivity contribution in [2.24, 2.45) is 5.92 Å². The molecule has 0 spiro atoms. The van der Waals surface area contributed by atoms with Crippen LogP contribution >= 0.6 is 0 Å². The highest BCUT2D eigenvalue weighted by Gasteiger charge is 2.33. The molecule has 1 aliphatic carbocycles. The number of aliphatic hydroxyl groups excluding tert-OH is 1. The van der Waals surface area contributed by atoms with E-state index in [0.717, 1.165) is 19.1 Å². The minimum Gasteiger partial charge on any atom is -0.396 e. The molecular weight excluding hydrogens is 152 g/mol. The Morgan fingerprint density at radius 1 is 1.25 bits per heavy atom. The van der Waals surface area contributed by atoms with Crippen LogP contribution in [0.15, 0.2) is 0 Å². The summed E-state index contributed by atoms with van der Waals surface area (Å²) in [6.07, 6.45) is 2.44. The quantitative estimate of drug-likeness (QED) is 0.595. The lowest BCUT2D eigenvalue weighted by molar-refractivity contribution is 0.0385. The fourth-order valence-corrected chi connectivity index (χ4v) is 2.20. The highest BCUT2D eigenvalue weighted by Crippen LogP contribution is 2.31. The van der Waals surface area contributed by atoms with Crippen molar-refractivity contribution in [2.75, 3.05) is 32.8 Å². The third kappa shape index (κ3) is 1.63. The van der Waals surface area contributed by atoms with E-state index in [-0.39, 0.29) is 0 Å². The van der Waals surface area contributed by atoms with Crippen molar-refractivity contribution in [2.45, 2.75) is 18.9 Å². The molecule has 0 aromatic carbocycles. The normalized spacial score (nSPS) is 37.8. The number of nitrogens with one attached hydrogen (secondary N) is 1. The number of piperazine rings is 1. The second kappa shape index (κ2) is 3.73. The minimum atomic E-state index is 0.391. The molecule has 1 saturated heterocycles. The van der Waals surface area contributed by atoms with Crippen LogP contribution in [0, 0.1) is 5.92 Å². The molecule has 2 rings (SSSR count). The van der Waals surface area contributed by atoms with Crippen LogP contribution in [0.2, 0.25) is 0 Å². The lowest BCUT2D eigenvalue weighted by atomic mass is 9.80. The van der Waals surface area contributed by atoms with E-state index in [1.54, 1.807) is 0 Å². The molecule has 0 aromatic rings. The zero-order valence-corrected chi connectivity index (χ0v) is 7.50. The predicted octanol–water partition coefficient (Wildman–Crippen LogP) is -0.337. The Hall–Kier alpha value is -0.120. The molecule has 0 atom stereocenters. The van der Waals surface area contributed by atoms with Crippen molar-refractivity contribution in [3.8, 4) is 0 Å². The van der Waals surface area contributed by atoms with E-state index in [2.05, 4.69) is 10.2 Å². The van der Waals surface area contributed by atoms with E-state index in [4.69, 9.17) is 5.11 Å². The highest BCUT2D eigenvalue weighted by atomic mass is 16.3. The summed E-state index contributed by atoms with van der Waals surface area (Å²) in [6.45, 7) is 5.06. The van der Waals surface area contributed by atoms with E-state index < -0.39 is 0 Å². The van der Waals surface area contributed by atoms with Gasteiger partial charge in [0, 0.05) is 38.8 Å². The molecule has 1 saturated carbocycles. The molecule has 1 aliphatic heterocycles. The summed E-state index contributed by atoms with van der Waals surface area (Å²) in [5.41, 5.74) is 0. The van der Waals surface area contributed by atoms with Gasteiger partial charge in [-0.05, 0) is 18.8 Å². The first-order valence-electron chi connectivity index (χ1n) is 4.96. The minimum absolute atomic E-state index is 0.391. The second-order valence-corrected chi connectivity index (χ2v) is 3.96. The molecule has 0 radical (unpaired) electrons. The highest BCUT2D eigenvalue weighted by molar-refractivity contribution is 4.88. The van der Waals surface area contributed by atoms with Crippen LogP contribution in [-0.4, -0.2) is 48.8 Å². The Morgan fingerprint density at radius 2 is 1.92 bits per heavy atom. The lowest BCUT2D eigenvalue weighted by Crippen LogP contribution is -2.53. The Labute approximate surface area is 73.8 Å². The van der Waals surface area contributed by atoms with E-state index in [9.17, 15) is 0 Å². The molecule has 2 aliphatic rings. The summed E-state index contributed by atoms with van der Waals surface area (Å²) in [5.74, 6) is 0.602. The molecular formula is C9H18N2O. The van der Waals surface area contributed by atoms with Gasteiger partial charge in [-0.1, -0.05) is 0 Å². The Kier molecular flexibility index (Phi) is 2.63. The summed E-state index contributed by atoms with van der Waals surface area (Å²) >= 11 is 0. The maximum absolute atomic E-state index is 8.87. The van der Waals surface area contributed by atoms with Gasteiger partial charge in [0.05, 0.1) is 0 Å². The van der Waals surface area contributed by atoms with Crippen molar-refractivity contribution in [3.63, 3.8) is 0 Å². The fourth-order valence-electron chi connectivity index (χ4n) is 2.20. The molecule has 2 fully saturated rings. The summed E-state index contributed by atoms with van der Waals surface area (Å²) < 4.78 is 0. The van der Waals surface area contributed by atoms with Gasteiger partial charge in [0.1, 0.15) is 0 Å². The Morgan fingerprint density at radius 3 is 2.50 bits per heavy atom. The monoisotopic (exact) mass is 170 g/mol. The molecule has 1 heterocycles. The van der Waals surface area contributed by atoms with E-state index >= 15 is 0 Å². The average Bonchev–Trinajstić information content (AvgIpc) is 2.04. The summed E-state index contributed by atoms with van der Waals surface area (Å²) in [6, 6.07) is 0.782. The van der Waals surface area contributed by atoms with Crippen molar-refractivity contribution in [3.05, 3.63) is 0 Å². The first kappa shape index (κ1) is 8.48. The van der Waals surface area contributed by atoms with Crippen LogP contribution in [0.25, 0.3) is 0 Å². The van der Waals surface area contributed by atoms with Crippen molar-refractivity contribution in [1.29, 1.82) is 0 Å². The third-order valence-corrected chi connectivity index (χ3v) is 3.14. The molecule has 3 nitrogen and oxygen atoms in total. The summed E-state index contributed by atoms with van der Waals surface area (Å²) in [4.78, 5) is 2.56. The molecule has 2 N–H and O–H groups in total. The molecule has 0 aromatic heterocycles. The van der Waals surface area contributed by atoms with Crippen LogP contribution in [0.5, 0.6) is 0 Å². The Balaban J connectivity index is 1.72. The number of nitrogens with zero attached hydrogens (tertiary/aromatic N) is 1. The van der Waals surface area contributed by atoms with E-state index in [1.165, 1.54) is 25.9 Å². The number of hydrogen-bond donors (Lipinski definition) is 2. The van der Waals surface area contributed by atoms with Gasteiger partial charge >= 0.3 is 0 Å². The molecule has 0 bridgehead atoms. The zero-order chi connectivity index (χ0) is 8.39. The third-order valence-electron chi connectivity index (χ3n) is 3.14. The van der Waals surface area contributed by atoms with Gasteiger partial charge in [-0.25, -0.2) is 0 Å². The molecule has 0 amide bonds.